The van der Waals surface area contributed by atoms with Crippen LogP contribution in [0.4, 0.5) is 11.6 Å². The van der Waals surface area contributed by atoms with Gasteiger partial charge in [0.1, 0.15) is 17.5 Å². The first-order chi connectivity index (χ1) is 8.08. The molecule has 0 amide bonds. The lowest BCUT2D eigenvalue weighted by Gasteiger charge is -2.14. The van der Waals surface area contributed by atoms with E-state index in [1.165, 1.54) is 0 Å². The van der Waals surface area contributed by atoms with Crippen molar-refractivity contribution in [2.24, 2.45) is 5.84 Å². The first-order valence-corrected chi connectivity index (χ1v) is 5.31. The second kappa shape index (κ2) is 6.33. The summed E-state index contributed by atoms with van der Waals surface area (Å²) in [7, 11) is 1.54. The van der Waals surface area contributed by atoms with Gasteiger partial charge in [0, 0.05) is 19.2 Å². The van der Waals surface area contributed by atoms with Gasteiger partial charge in [0.05, 0.1) is 12.7 Å². The standard InChI is InChI=1S/C10H19N5O2/c1-6-9(12-4-8(16)5-17-3)13-7(2)14-10(6)15-11/h8,16H,4-5,11H2,1-3H3,(H2,12,13,14,15). The first-order valence-electron chi connectivity index (χ1n) is 5.31. The molecule has 0 bridgehead atoms. The summed E-state index contributed by atoms with van der Waals surface area (Å²) >= 11 is 0. The summed E-state index contributed by atoms with van der Waals surface area (Å²) in [6.45, 7) is 4.25. The largest absolute Gasteiger partial charge is 0.389 e. The fourth-order valence-corrected chi connectivity index (χ4v) is 1.41. The van der Waals surface area contributed by atoms with Gasteiger partial charge in [0.15, 0.2) is 0 Å². The minimum atomic E-state index is -0.580. The molecule has 0 spiro atoms. The zero-order valence-corrected chi connectivity index (χ0v) is 10.3. The second-order valence-corrected chi connectivity index (χ2v) is 3.73. The Morgan fingerprint density at radius 2 is 2.00 bits per heavy atom. The Bertz CT molecular complexity index is 372. The maximum Gasteiger partial charge on any atom is 0.148 e. The molecule has 1 aromatic heterocycles. The van der Waals surface area contributed by atoms with E-state index in [2.05, 4.69) is 20.7 Å². The van der Waals surface area contributed by atoms with Crippen LogP contribution in [0.15, 0.2) is 0 Å². The molecule has 5 N–H and O–H groups in total. The minimum absolute atomic E-state index is 0.276. The SMILES string of the molecule is COCC(O)CNc1nc(C)nc(NN)c1C. The van der Waals surface area contributed by atoms with Gasteiger partial charge >= 0.3 is 0 Å². The third-order valence-corrected chi connectivity index (χ3v) is 2.26. The molecule has 0 saturated carbocycles. The summed E-state index contributed by atoms with van der Waals surface area (Å²) in [5.41, 5.74) is 3.32. The fourth-order valence-electron chi connectivity index (χ4n) is 1.41. The van der Waals surface area contributed by atoms with Gasteiger partial charge in [-0.1, -0.05) is 0 Å². The number of rotatable bonds is 6. The zero-order valence-electron chi connectivity index (χ0n) is 10.3. The lowest BCUT2D eigenvalue weighted by molar-refractivity contribution is 0.0727. The Balaban J connectivity index is 2.73. The maximum atomic E-state index is 9.53. The van der Waals surface area contributed by atoms with Crippen LogP contribution in [0.1, 0.15) is 11.4 Å². The molecule has 0 aliphatic rings. The van der Waals surface area contributed by atoms with Crippen LogP contribution in [0, 0.1) is 13.8 Å². The molecule has 0 aromatic carbocycles. The Labute approximate surface area is 100 Å². The third kappa shape index (κ3) is 3.81. The molecule has 1 heterocycles. The third-order valence-electron chi connectivity index (χ3n) is 2.26. The number of nitrogens with zero attached hydrogens (tertiary/aromatic N) is 2. The van der Waals surface area contributed by atoms with E-state index in [1.807, 2.05) is 6.92 Å². The van der Waals surface area contributed by atoms with E-state index in [-0.39, 0.29) is 6.61 Å². The Hall–Kier alpha value is -1.44. The van der Waals surface area contributed by atoms with E-state index in [4.69, 9.17) is 10.6 Å². The van der Waals surface area contributed by atoms with Crippen molar-refractivity contribution in [1.82, 2.24) is 9.97 Å². The number of aliphatic hydroxyl groups is 1. The van der Waals surface area contributed by atoms with Crippen molar-refractivity contribution in [1.29, 1.82) is 0 Å². The Morgan fingerprint density at radius 1 is 1.35 bits per heavy atom. The molecule has 17 heavy (non-hydrogen) atoms. The number of ether oxygens (including phenoxy) is 1. The highest BCUT2D eigenvalue weighted by Gasteiger charge is 2.09. The van der Waals surface area contributed by atoms with Crippen molar-refractivity contribution in [2.75, 3.05) is 31.0 Å². The number of anilines is 2. The molecule has 1 unspecified atom stereocenters. The Kier molecular flexibility index (Phi) is 5.08. The quantitative estimate of drug-likeness (QED) is 0.403. The van der Waals surface area contributed by atoms with Crippen LogP contribution in [-0.4, -0.2) is 41.4 Å². The minimum Gasteiger partial charge on any atom is -0.389 e. The molecule has 0 aliphatic heterocycles. The highest BCUT2D eigenvalue weighted by molar-refractivity contribution is 5.56. The van der Waals surface area contributed by atoms with Gasteiger partial charge in [-0.3, -0.25) is 0 Å². The second-order valence-electron chi connectivity index (χ2n) is 3.73. The van der Waals surface area contributed by atoms with Crippen molar-refractivity contribution >= 4 is 11.6 Å². The molecular formula is C10H19N5O2. The van der Waals surface area contributed by atoms with Crippen molar-refractivity contribution in [2.45, 2.75) is 20.0 Å². The zero-order chi connectivity index (χ0) is 12.8. The van der Waals surface area contributed by atoms with Gasteiger partial charge in [-0.15, -0.1) is 0 Å². The lowest BCUT2D eigenvalue weighted by atomic mass is 10.3. The number of nitrogens with one attached hydrogen (secondary N) is 2. The summed E-state index contributed by atoms with van der Waals surface area (Å²) in [5.74, 6) is 7.18. The maximum absolute atomic E-state index is 9.53. The van der Waals surface area contributed by atoms with Gasteiger partial charge < -0.3 is 20.6 Å². The van der Waals surface area contributed by atoms with Crippen LogP contribution in [0.25, 0.3) is 0 Å². The summed E-state index contributed by atoms with van der Waals surface area (Å²) in [4.78, 5) is 8.38. The number of hydrogen-bond donors (Lipinski definition) is 4. The number of aromatic nitrogens is 2. The van der Waals surface area contributed by atoms with Gasteiger partial charge in [-0.05, 0) is 13.8 Å². The molecule has 1 aromatic rings. The highest BCUT2D eigenvalue weighted by atomic mass is 16.5. The van der Waals surface area contributed by atoms with Crippen molar-refractivity contribution < 1.29 is 9.84 Å². The van der Waals surface area contributed by atoms with Gasteiger partial charge in [0.2, 0.25) is 0 Å². The molecule has 7 heteroatoms. The van der Waals surface area contributed by atoms with Crippen LogP contribution in [-0.2, 0) is 4.74 Å². The average Bonchev–Trinajstić information content (AvgIpc) is 2.30. The van der Waals surface area contributed by atoms with Crippen LogP contribution in [0.3, 0.4) is 0 Å². The fraction of sp³-hybridized carbons (Fsp3) is 0.600. The normalized spacial score (nSPS) is 12.3. The molecule has 7 nitrogen and oxygen atoms in total. The molecule has 0 radical (unpaired) electrons. The van der Waals surface area contributed by atoms with E-state index in [0.29, 0.717) is 24.0 Å². The summed E-state index contributed by atoms with van der Waals surface area (Å²) < 4.78 is 4.84. The smallest absolute Gasteiger partial charge is 0.148 e. The molecular weight excluding hydrogens is 222 g/mol. The lowest BCUT2D eigenvalue weighted by Crippen LogP contribution is -2.25. The van der Waals surface area contributed by atoms with E-state index in [9.17, 15) is 5.11 Å². The molecule has 1 rings (SSSR count). The summed E-state index contributed by atoms with van der Waals surface area (Å²) in [5, 5.41) is 12.6. The van der Waals surface area contributed by atoms with Crippen LogP contribution in [0.2, 0.25) is 0 Å². The van der Waals surface area contributed by atoms with Gasteiger partial charge in [-0.25, -0.2) is 15.8 Å². The van der Waals surface area contributed by atoms with Crippen LogP contribution >= 0.6 is 0 Å². The number of hydrazine groups is 1. The predicted molar refractivity (Wildman–Crippen MR) is 65.7 cm³/mol. The van der Waals surface area contributed by atoms with E-state index < -0.39 is 6.10 Å². The van der Waals surface area contributed by atoms with Crippen LogP contribution < -0.4 is 16.6 Å². The molecule has 1 atom stereocenters. The summed E-state index contributed by atoms with van der Waals surface area (Å²) in [6, 6.07) is 0. The van der Waals surface area contributed by atoms with Crippen LogP contribution in [0.5, 0.6) is 0 Å². The predicted octanol–water partition coefficient (Wildman–Crippen LogP) is -0.202. The summed E-state index contributed by atoms with van der Waals surface area (Å²) in [6.07, 6.45) is -0.580. The number of hydrogen-bond acceptors (Lipinski definition) is 7. The van der Waals surface area contributed by atoms with Gasteiger partial charge in [-0.2, -0.15) is 0 Å². The Morgan fingerprint density at radius 3 is 2.59 bits per heavy atom. The topological polar surface area (TPSA) is 105 Å². The van der Waals surface area contributed by atoms with Crippen molar-refractivity contribution in [3.63, 3.8) is 0 Å². The first kappa shape index (κ1) is 13.6. The number of nitrogens with two attached hydrogens (primary N) is 1. The highest BCUT2D eigenvalue weighted by Crippen LogP contribution is 2.18. The van der Waals surface area contributed by atoms with E-state index >= 15 is 0 Å². The average molecular weight is 241 g/mol. The molecule has 96 valence electrons. The van der Waals surface area contributed by atoms with E-state index in [1.54, 1.807) is 14.0 Å². The molecule has 0 fully saturated rings. The molecule has 0 saturated heterocycles. The number of methoxy groups -OCH3 is 1. The molecule has 0 aliphatic carbocycles. The number of nitrogen functional groups attached to an aromatic ring is 1. The van der Waals surface area contributed by atoms with E-state index in [0.717, 1.165) is 5.56 Å². The van der Waals surface area contributed by atoms with Crippen molar-refractivity contribution in [3.05, 3.63) is 11.4 Å². The van der Waals surface area contributed by atoms with Crippen molar-refractivity contribution in [3.8, 4) is 0 Å². The number of aryl methyl sites for hydroxylation is 1. The monoisotopic (exact) mass is 241 g/mol. The number of aliphatic hydroxyl groups excluding tert-OH is 1. The van der Waals surface area contributed by atoms with Gasteiger partial charge in [0.25, 0.3) is 0 Å².